The van der Waals surface area contributed by atoms with Gasteiger partial charge in [0.25, 0.3) is 0 Å². The van der Waals surface area contributed by atoms with Gasteiger partial charge in [-0.15, -0.1) is 0 Å². The van der Waals surface area contributed by atoms with Gasteiger partial charge in [-0.25, -0.2) is 5.01 Å². The zero-order chi connectivity index (χ0) is 7.11. The van der Waals surface area contributed by atoms with Gasteiger partial charge in [-0.1, -0.05) is 0 Å². The maximum Gasteiger partial charge on any atom is 0.0251 e. The van der Waals surface area contributed by atoms with Crippen molar-refractivity contribution < 1.29 is 0 Å². The van der Waals surface area contributed by atoms with E-state index in [1.165, 1.54) is 0 Å². The quantitative estimate of drug-likeness (QED) is 0.313. The van der Waals surface area contributed by atoms with E-state index in [1.54, 1.807) is 5.01 Å². The molecule has 56 valence electrons. The predicted molar refractivity (Wildman–Crippen MR) is 38.5 cm³/mol. The lowest BCUT2D eigenvalue weighted by molar-refractivity contribution is 0.289. The summed E-state index contributed by atoms with van der Waals surface area (Å²) in [5, 5.41) is 1.69. The molecule has 0 radical (unpaired) electrons. The van der Waals surface area contributed by atoms with Crippen LogP contribution in [0.4, 0.5) is 0 Å². The first-order chi connectivity index (χ1) is 4.31. The van der Waals surface area contributed by atoms with Gasteiger partial charge in [-0.05, 0) is 13.0 Å². The standard InChI is InChI=1S/C5H16N4/c6-2-1-4-9(8)5-3-7/h1-8H2. The molecule has 0 rings (SSSR count). The lowest BCUT2D eigenvalue weighted by Crippen LogP contribution is -2.37. The first-order valence-corrected chi connectivity index (χ1v) is 3.21. The van der Waals surface area contributed by atoms with Gasteiger partial charge in [0.15, 0.2) is 0 Å². The molecule has 0 saturated carbocycles. The molecule has 0 atom stereocenters. The Hall–Kier alpha value is -0.160. The Bertz CT molecular complexity index is 56.9. The highest BCUT2D eigenvalue weighted by molar-refractivity contribution is 4.48. The van der Waals surface area contributed by atoms with Crippen molar-refractivity contribution in [2.75, 3.05) is 26.2 Å². The van der Waals surface area contributed by atoms with Crippen LogP contribution in [0.3, 0.4) is 0 Å². The molecule has 0 amide bonds. The molecule has 0 aliphatic rings. The van der Waals surface area contributed by atoms with E-state index in [2.05, 4.69) is 0 Å². The molecule has 0 aromatic heterocycles. The van der Waals surface area contributed by atoms with Crippen LogP contribution < -0.4 is 17.3 Å². The lowest BCUT2D eigenvalue weighted by atomic mass is 10.4. The zero-order valence-electron chi connectivity index (χ0n) is 5.71. The Morgan fingerprint density at radius 3 is 2.11 bits per heavy atom. The zero-order valence-corrected chi connectivity index (χ0v) is 5.71. The van der Waals surface area contributed by atoms with Crippen molar-refractivity contribution in [3.8, 4) is 0 Å². The minimum absolute atomic E-state index is 0.612. The van der Waals surface area contributed by atoms with Gasteiger partial charge in [0.2, 0.25) is 0 Å². The molecule has 0 aromatic carbocycles. The maximum atomic E-state index is 5.47. The Morgan fingerprint density at radius 1 is 1.00 bits per heavy atom. The Balaban J connectivity index is 2.95. The monoisotopic (exact) mass is 132 g/mol. The molecule has 0 unspecified atom stereocenters. The van der Waals surface area contributed by atoms with Gasteiger partial charge >= 0.3 is 0 Å². The summed E-state index contributed by atoms with van der Waals surface area (Å²) >= 11 is 0. The number of hydrogen-bond donors (Lipinski definition) is 3. The fourth-order valence-corrected chi connectivity index (χ4v) is 0.572. The average Bonchev–Trinajstić information content (AvgIpc) is 1.85. The second kappa shape index (κ2) is 5.97. The predicted octanol–water partition coefficient (Wildman–Crippen LogP) is -1.53. The molecule has 0 aromatic rings. The van der Waals surface area contributed by atoms with Crippen LogP contribution in [0.1, 0.15) is 6.42 Å². The third-order valence-electron chi connectivity index (χ3n) is 1.07. The summed E-state index contributed by atoms with van der Waals surface area (Å²) in [6, 6.07) is 0. The number of rotatable bonds is 5. The first-order valence-electron chi connectivity index (χ1n) is 3.21. The SMILES string of the molecule is NCCCN(N)CCN. The molecule has 0 aliphatic heterocycles. The Labute approximate surface area is 55.9 Å². The average molecular weight is 132 g/mol. The molecular weight excluding hydrogens is 116 g/mol. The van der Waals surface area contributed by atoms with Crippen LogP contribution in [-0.4, -0.2) is 31.2 Å². The second-order valence-electron chi connectivity index (χ2n) is 1.97. The summed E-state index contributed by atoms with van der Waals surface area (Å²) < 4.78 is 0. The number of hydrogen-bond acceptors (Lipinski definition) is 4. The van der Waals surface area contributed by atoms with Crippen LogP contribution in [0.15, 0.2) is 0 Å². The van der Waals surface area contributed by atoms with E-state index < -0.39 is 0 Å². The van der Waals surface area contributed by atoms with Crippen LogP contribution in [0, 0.1) is 0 Å². The van der Waals surface area contributed by atoms with Crippen LogP contribution in [0.25, 0.3) is 0 Å². The molecule has 6 N–H and O–H groups in total. The molecule has 0 aliphatic carbocycles. The molecule has 4 nitrogen and oxygen atoms in total. The van der Waals surface area contributed by atoms with Crippen molar-refractivity contribution in [2.45, 2.75) is 6.42 Å². The number of nitrogens with zero attached hydrogens (tertiary/aromatic N) is 1. The Kier molecular flexibility index (Phi) is 5.86. The first kappa shape index (κ1) is 8.84. The van der Waals surface area contributed by atoms with Gasteiger partial charge in [-0.2, -0.15) is 0 Å². The normalized spacial score (nSPS) is 10.7. The molecule has 4 heteroatoms. The fraction of sp³-hybridized carbons (Fsp3) is 1.00. The molecule has 9 heavy (non-hydrogen) atoms. The highest BCUT2D eigenvalue weighted by Crippen LogP contribution is 1.78. The summed E-state index contributed by atoms with van der Waals surface area (Å²) in [7, 11) is 0. The van der Waals surface area contributed by atoms with Crippen molar-refractivity contribution in [3.63, 3.8) is 0 Å². The van der Waals surface area contributed by atoms with Gasteiger partial charge in [0, 0.05) is 19.6 Å². The van der Waals surface area contributed by atoms with Gasteiger partial charge < -0.3 is 11.5 Å². The van der Waals surface area contributed by atoms with E-state index in [4.69, 9.17) is 17.3 Å². The van der Waals surface area contributed by atoms with E-state index in [1.807, 2.05) is 0 Å². The van der Waals surface area contributed by atoms with E-state index in [0.29, 0.717) is 13.1 Å². The number of nitrogens with two attached hydrogens (primary N) is 3. The third kappa shape index (κ3) is 5.72. The summed E-state index contributed by atoms with van der Waals surface area (Å²) in [6.45, 7) is 2.90. The second-order valence-corrected chi connectivity index (χ2v) is 1.97. The van der Waals surface area contributed by atoms with Crippen LogP contribution in [0.2, 0.25) is 0 Å². The van der Waals surface area contributed by atoms with Crippen LogP contribution in [-0.2, 0) is 0 Å². The van der Waals surface area contributed by atoms with Crippen LogP contribution in [0.5, 0.6) is 0 Å². The highest BCUT2D eigenvalue weighted by Gasteiger charge is 1.93. The van der Waals surface area contributed by atoms with Gasteiger partial charge in [-0.3, -0.25) is 5.84 Å². The largest absolute Gasteiger partial charge is 0.330 e. The smallest absolute Gasteiger partial charge is 0.0251 e. The minimum Gasteiger partial charge on any atom is -0.330 e. The summed E-state index contributed by atoms with van der Waals surface area (Å²) in [6.07, 6.45) is 0.941. The molecule has 0 spiro atoms. The van der Waals surface area contributed by atoms with Gasteiger partial charge in [0.1, 0.15) is 0 Å². The lowest BCUT2D eigenvalue weighted by Gasteiger charge is -2.13. The van der Waals surface area contributed by atoms with Crippen molar-refractivity contribution >= 4 is 0 Å². The summed E-state index contributed by atoms with van der Waals surface area (Å²) in [4.78, 5) is 0. The van der Waals surface area contributed by atoms with Crippen molar-refractivity contribution in [3.05, 3.63) is 0 Å². The highest BCUT2D eigenvalue weighted by atomic mass is 15.4. The minimum atomic E-state index is 0.612. The third-order valence-corrected chi connectivity index (χ3v) is 1.07. The van der Waals surface area contributed by atoms with E-state index in [0.717, 1.165) is 19.5 Å². The van der Waals surface area contributed by atoms with E-state index in [-0.39, 0.29) is 0 Å². The maximum absolute atomic E-state index is 5.47. The van der Waals surface area contributed by atoms with Crippen molar-refractivity contribution in [2.24, 2.45) is 17.3 Å². The van der Waals surface area contributed by atoms with Gasteiger partial charge in [0.05, 0.1) is 0 Å². The van der Waals surface area contributed by atoms with E-state index >= 15 is 0 Å². The molecule has 0 fully saturated rings. The topological polar surface area (TPSA) is 81.3 Å². The van der Waals surface area contributed by atoms with Crippen molar-refractivity contribution in [1.29, 1.82) is 0 Å². The summed E-state index contributed by atoms with van der Waals surface area (Å²) in [5.74, 6) is 5.47. The van der Waals surface area contributed by atoms with Crippen LogP contribution >= 0.6 is 0 Å². The fourth-order valence-electron chi connectivity index (χ4n) is 0.572. The Morgan fingerprint density at radius 2 is 1.67 bits per heavy atom. The van der Waals surface area contributed by atoms with Crippen molar-refractivity contribution in [1.82, 2.24) is 5.01 Å². The number of hydrazine groups is 1. The van der Waals surface area contributed by atoms with E-state index in [9.17, 15) is 0 Å². The summed E-state index contributed by atoms with van der Waals surface area (Å²) in [5.41, 5.74) is 10.5. The molecular formula is C5H16N4. The molecule has 0 bridgehead atoms. The molecule has 0 heterocycles. The molecule has 0 saturated heterocycles.